The van der Waals surface area contributed by atoms with Crippen LogP contribution < -0.4 is 5.73 Å². The van der Waals surface area contributed by atoms with E-state index in [2.05, 4.69) is 27.7 Å². The van der Waals surface area contributed by atoms with Crippen LogP contribution in [0.1, 0.15) is 72.6 Å². The zero-order valence-electron chi connectivity index (χ0n) is 11.8. The highest BCUT2D eigenvalue weighted by Crippen LogP contribution is 2.46. The average molecular weight is 225 g/mol. The Hall–Kier alpha value is -0.0400. The highest BCUT2D eigenvalue weighted by molar-refractivity contribution is 4.94. The van der Waals surface area contributed by atoms with Crippen LogP contribution in [0, 0.1) is 17.3 Å². The summed E-state index contributed by atoms with van der Waals surface area (Å²) in [5.41, 5.74) is 7.02. The van der Waals surface area contributed by atoms with Crippen LogP contribution in [-0.4, -0.2) is 6.04 Å². The fraction of sp³-hybridized carbons (Fsp3) is 1.00. The van der Waals surface area contributed by atoms with Gasteiger partial charge >= 0.3 is 0 Å². The molecule has 1 nitrogen and oxygen atoms in total. The summed E-state index contributed by atoms with van der Waals surface area (Å²) < 4.78 is 0. The molecule has 0 saturated heterocycles. The van der Waals surface area contributed by atoms with Crippen LogP contribution in [0.4, 0.5) is 0 Å². The highest BCUT2D eigenvalue weighted by Gasteiger charge is 2.39. The third-order valence-corrected chi connectivity index (χ3v) is 4.55. The molecule has 1 rings (SSSR count). The lowest BCUT2D eigenvalue weighted by Crippen LogP contribution is -2.41. The molecule has 2 unspecified atom stereocenters. The van der Waals surface area contributed by atoms with Gasteiger partial charge in [0.1, 0.15) is 0 Å². The molecule has 0 aromatic heterocycles. The Balaban J connectivity index is 2.61. The molecule has 16 heavy (non-hydrogen) atoms. The van der Waals surface area contributed by atoms with Gasteiger partial charge in [-0.25, -0.2) is 0 Å². The molecule has 1 fully saturated rings. The van der Waals surface area contributed by atoms with Gasteiger partial charge in [-0.3, -0.25) is 0 Å². The van der Waals surface area contributed by atoms with E-state index in [0.717, 1.165) is 11.8 Å². The smallest absolute Gasteiger partial charge is 0.00981 e. The second-order valence-electron chi connectivity index (χ2n) is 6.52. The molecule has 0 bridgehead atoms. The maximum absolute atomic E-state index is 6.54. The molecule has 96 valence electrons. The van der Waals surface area contributed by atoms with E-state index in [-0.39, 0.29) is 0 Å². The van der Waals surface area contributed by atoms with Gasteiger partial charge in [0.2, 0.25) is 0 Å². The molecule has 0 spiro atoms. The van der Waals surface area contributed by atoms with Gasteiger partial charge in [0.25, 0.3) is 0 Å². The largest absolute Gasteiger partial charge is 0.327 e. The molecule has 0 aliphatic heterocycles. The normalized spacial score (nSPS) is 23.6. The second kappa shape index (κ2) is 6.05. The van der Waals surface area contributed by atoms with Gasteiger partial charge in [0, 0.05) is 6.04 Å². The Labute approximate surface area is 102 Å². The molecular weight excluding hydrogens is 194 g/mol. The third kappa shape index (κ3) is 3.48. The fourth-order valence-corrected chi connectivity index (χ4v) is 3.47. The zero-order chi connectivity index (χ0) is 12.2. The first kappa shape index (κ1) is 14.0. The Morgan fingerprint density at radius 2 is 1.69 bits per heavy atom. The number of hydrogen-bond acceptors (Lipinski definition) is 1. The molecule has 1 heteroatoms. The van der Waals surface area contributed by atoms with Crippen molar-refractivity contribution in [3.05, 3.63) is 0 Å². The summed E-state index contributed by atoms with van der Waals surface area (Å²) in [4.78, 5) is 0. The van der Waals surface area contributed by atoms with Gasteiger partial charge in [0.15, 0.2) is 0 Å². The van der Waals surface area contributed by atoms with Gasteiger partial charge in [-0.1, -0.05) is 47.0 Å². The predicted molar refractivity (Wildman–Crippen MR) is 72.4 cm³/mol. The van der Waals surface area contributed by atoms with Crippen molar-refractivity contribution in [3.8, 4) is 0 Å². The van der Waals surface area contributed by atoms with Crippen LogP contribution in [0.3, 0.4) is 0 Å². The van der Waals surface area contributed by atoms with Crippen molar-refractivity contribution in [3.63, 3.8) is 0 Å². The standard InChI is InChI=1S/C15H31N/c1-5-13(4)10-14(16)15(11-12(2)3)8-6-7-9-15/h12-14H,5-11,16H2,1-4H3. The van der Waals surface area contributed by atoms with E-state index in [0.29, 0.717) is 11.5 Å². The van der Waals surface area contributed by atoms with E-state index in [9.17, 15) is 0 Å². The molecule has 1 saturated carbocycles. The first-order valence-electron chi connectivity index (χ1n) is 7.25. The van der Waals surface area contributed by atoms with Crippen molar-refractivity contribution < 1.29 is 0 Å². The van der Waals surface area contributed by atoms with Gasteiger partial charge in [-0.2, -0.15) is 0 Å². The van der Waals surface area contributed by atoms with E-state index < -0.39 is 0 Å². The summed E-state index contributed by atoms with van der Waals surface area (Å²) in [5, 5.41) is 0. The summed E-state index contributed by atoms with van der Waals surface area (Å²) in [6.45, 7) is 9.31. The van der Waals surface area contributed by atoms with Crippen LogP contribution in [-0.2, 0) is 0 Å². The van der Waals surface area contributed by atoms with Gasteiger partial charge in [0.05, 0.1) is 0 Å². The van der Waals surface area contributed by atoms with Crippen molar-refractivity contribution in [2.45, 2.75) is 78.7 Å². The Morgan fingerprint density at radius 3 is 2.12 bits per heavy atom. The van der Waals surface area contributed by atoms with Crippen molar-refractivity contribution in [1.82, 2.24) is 0 Å². The zero-order valence-corrected chi connectivity index (χ0v) is 11.8. The van der Waals surface area contributed by atoms with E-state index in [4.69, 9.17) is 5.73 Å². The molecule has 0 aromatic carbocycles. The first-order valence-corrected chi connectivity index (χ1v) is 7.25. The Kier molecular flexibility index (Phi) is 5.30. The predicted octanol–water partition coefficient (Wildman–Crippen LogP) is 4.36. The van der Waals surface area contributed by atoms with Crippen molar-refractivity contribution >= 4 is 0 Å². The van der Waals surface area contributed by atoms with Crippen LogP contribution in [0.5, 0.6) is 0 Å². The van der Waals surface area contributed by atoms with Crippen LogP contribution in [0.15, 0.2) is 0 Å². The van der Waals surface area contributed by atoms with Crippen LogP contribution in [0.25, 0.3) is 0 Å². The van der Waals surface area contributed by atoms with Gasteiger partial charge in [-0.05, 0) is 42.9 Å². The summed E-state index contributed by atoms with van der Waals surface area (Å²) in [5.74, 6) is 1.58. The minimum Gasteiger partial charge on any atom is -0.327 e. The van der Waals surface area contributed by atoms with Crippen molar-refractivity contribution in [1.29, 1.82) is 0 Å². The van der Waals surface area contributed by atoms with Gasteiger partial charge < -0.3 is 5.73 Å². The number of hydrogen-bond donors (Lipinski definition) is 1. The van der Waals surface area contributed by atoms with Crippen LogP contribution in [0.2, 0.25) is 0 Å². The summed E-state index contributed by atoms with van der Waals surface area (Å²) in [6.07, 6.45) is 9.40. The molecule has 2 atom stereocenters. The number of nitrogens with two attached hydrogens (primary N) is 1. The monoisotopic (exact) mass is 225 g/mol. The average Bonchev–Trinajstić information content (AvgIpc) is 2.66. The molecule has 2 N–H and O–H groups in total. The van der Waals surface area contributed by atoms with Crippen LogP contribution >= 0.6 is 0 Å². The lowest BCUT2D eigenvalue weighted by Gasteiger charge is -2.38. The maximum Gasteiger partial charge on any atom is 0.00981 e. The lowest BCUT2D eigenvalue weighted by molar-refractivity contribution is 0.162. The molecular formula is C15H31N. The summed E-state index contributed by atoms with van der Waals surface area (Å²) in [7, 11) is 0. The topological polar surface area (TPSA) is 26.0 Å². The van der Waals surface area contributed by atoms with E-state index >= 15 is 0 Å². The summed E-state index contributed by atoms with van der Waals surface area (Å²) in [6, 6.07) is 0.437. The molecule has 0 heterocycles. The van der Waals surface area contributed by atoms with E-state index in [1.54, 1.807) is 0 Å². The molecule has 1 aliphatic rings. The Morgan fingerprint density at radius 1 is 1.12 bits per heavy atom. The maximum atomic E-state index is 6.54. The summed E-state index contributed by atoms with van der Waals surface area (Å²) >= 11 is 0. The lowest BCUT2D eigenvalue weighted by atomic mass is 9.70. The van der Waals surface area contributed by atoms with E-state index in [1.165, 1.54) is 44.9 Å². The molecule has 0 aromatic rings. The highest BCUT2D eigenvalue weighted by atomic mass is 14.7. The molecule has 0 radical (unpaired) electrons. The van der Waals surface area contributed by atoms with Crippen molar-refractivity contribution in [2.75, 3.05) is 0 Å². The van der Waals surface area contributed by atoms with Crippen molar-refractivity contribution in [2.24, 2.45) is 23.0 Å². The van der Waals surface area contributed by atoms with E-state index in [1.807, 2.05) is 0 Å². The first-order chi connectivity index (χ1) is 7.50. The number of rotatable bonds is 6. The van der Waals surface area contributed by atoms with Gasteiger partial charge in [-0.15, -0.1) is 0 Å². The second-order valence-corrected chi connectivity index (χ2v) is 6.52. The third-order valence-electron chi connectivity index (χ3n) is 4.55. The Bertz CT molecular complexity index is 192. The molecule has 0 amide bonds. The quantitative estimate of drug-likeness (QED) is 0.714. The minimum atomic E-state index is 0.437. The molecule has 1 aliphatic carbocycles. The fourth-order valence-electron chi connectivity index (χ4n) is 3.47. The minimum absolute atomic E-state index is 0.437. The SMILES string of the molecule is CCC(C)CC(N)C1(CC(C)C)CCCC1.